The van der Waals surface area contributed by atoms with E-state index in [-0.39, 0.29) is 12.5 Å². The van der Waals surface area contributed by atoms with Crippen LogP contribution in [-0.2, 0) is 27.2 Å². The minimum Gasteiger partial charge on any atom is -0.464 e. The van der Waals surface area contributed by atoms with Gasteiger partial charge < -0.3 is 10.1 Å². The van der Waals surface area contributed by atoms with Gasteiger partial charge in [0.1, 0.15) is 6.04 Å². The van der Waals surface area contributed by atoms with Crippen molar-refractivity contribution in [3.63, 3.8) is 0 Å². The van der Waals surface area contributed by atoms with Crippen LogP contribution in [0.1, 0.15) is 30.9 Å². The number of hydrogen-bond acceptors (Lipinski definition) is 3. The molecule has 0 aromatic heterocycles. The minimum absolute atomic E-state index is 0.128. The molecule has 1 N–H and O–H groups in total. The molecule has 1 amide bonds. The highest BCUT2D eigenvalue weighted by molar-refractivity contribution is 6.23. The summed E-state index contributed by atoms with van der Waals surface area (Å²) in [7, 11) is 0. The Morgan fingerprint density at radius 2 is 1.49 bits per heavy atom. The summed E-state index contributed by atoms with van der Waals surface area (Å²) in [6.07, 6.45) is 2.27. The van der Waals surface area contributed by atoms with Crippen LogP contribution in [0.2, 0.25) is 0 Å². The Bertz CT molecular complexity index is 1460. The van der Waals surface area contributed by atoms with Crippen molar-refractivity contribution >= 4 is 44.2 Å². The summed E-state index contributed by atoms with van der Waals surface area (Å²) >= 11 is 0. The van der Waals surface area contributed by atoms with E-state index in [9.17, 15) is 9.59 Å². The largest absolute Gasteiger partial charge is 0.464 e. The smallest absolute Gasteiger partial charge is 0.328 e. The van der Waals surface area contributed by atoms with Gasteiger partial charge >= 0.3 is 5.97 Å². The SMILES string of the molecule is CCOC(=O)[C@H](Cc1ccccc1)NC(=O)CCCc1ccc2ccc3cccc4ccc1c2c34. The second-order valence-corrected chi connectivity index (χ2v) is 9.00. The quantitative estimate of drug-likeness (QED) is 0.209. The van der Waals surface area contributed by atoms with Crippen LogP contribution in [0.15, 0.2) is 84.9 Å². The molecular formula is C31H29NO3. The topological polar surface area (TPSA) is 55.4 Å². The second kappa shape index (κ2) is 10.1. The van der Waals surface area contributed by atoms with E-state index < -0.39 is 12.0 Å². The van der Waals surface area contributed by atoms with E-state index in [4.69, 9.17) is 4.74 Å². The van der Waals surface area contributed by atoms with E-state index in [0.717, 1.165) is 12.0 Å². The Morgan fingerprint density at radius 1 is 0.800 bits per heavy atom. The third kappa shape index (κ3) is 4.83. The molecule has 0 unspecified atom stereocenters. The molecule has 5 rings (SSSR count). The van der Waals surface area contributed by atoms with Crippen molar-refractivity contribution in [2.45, 2.75) is 38.6 Å². The number of esters is 1. The first-order valence-corrected chi connectivity index (χ1v) is 12.3. The van der Waals surface area contributed by atoms with Crippen LogP contribution in [-0.4, -0.2) is 24.5 Å². The molecule has 4 nitrogen and oxygen atoms in total. The molecule has 0 saturated heterocycles. The fourth-order valence-electron chi connectivity index (χ4n) is 5.01. The van der Waals surface area contributed by atoms with Crippen LogP contribution in [0.5, 0.6) is 0 Å². The molecular weight excluding hydrogens is 434 g/mol. The van der Waals surface area contributed by atoms with Crippen LogP contribution in [0, 0.1) is 0 Å². The van der Waals surface area contributed by atoms with Crippen LogP contribution in [0.4, 0.5) is 0 Å². The maximum Gasteiger partial charge on any atom is 0.328 e. The van der Waals surface area contributed by atoms with Gasteiger partial charge in [-0.15, -0.1) is 0 Å². The van der Waals surface area contributed by atoms with E-state index in [1.54, 1.807) is 6.92 Å². The molecule has 35 heavy (non-hydrogen) atoms. The summed E-state index contributed by atoms with van der Waals surface area (Å²) in [5.41, 5.74) is 2.23. The average molecular weight is 464 g/mol. The maximum absolute atomic E-state index is 12.8. The zero-order valence-corrected chi connectivity index (χ0v) is 19.9. The van der Waals surface area contributed by atoms with Crippen LogP contribution < -0.4 is 5.32 Å². The van der Waals surface area contributed by atoms with Crippen LogP contribution >= 0.6 is 0 Å². The van der Waals surface area contributed by atoms with Gasteiger partial charge in [-0.2, -0.15) is 0 Å². The van der Waals surface area contributed by atoms with Crippen molar-refractivity contribution in [2.24, 2.45) is 0 Å². The highest BCUT2D eigenvalue weighted by Gasteiger charge is 2.22. The predicted molar refractivity (Wildman–Crippen MR) is 142 cm³/mol. The van der Waals surface area contributed by atoms with E-state index in [2.05, 4.69) is 59.9 Å². The van der Waals surface area contributed by atoms with E-state index in [1.165, 1.54) is 37.9 Å². The monoisotopic (exact) mass is 463 g/mol. The standard InChI is InChI=1S/C31H29NO3/c1-2-35-31(34)27(20-21-8-4-3-5-9-21)32-28(33)13-7-10-22-14-15-25-17-16-23-11-6-12-24-18-19-26(22)30(25)29(23)24/h3-6,8-9,11-12,14-19,27H,2,7,10,13,20H2,1H3,(H,32,33)/t27-/m0/s1. The average Bonchev–Trinajstić information content (AvgIpc) is 2.88. The number of ether oxygens (including phenoxy) is 1. The Morgan fingerprint density at radius 3 is 2.23 bits per heavy atom. The Labute approximate surface area is 205 Å². The molecule has 5 aromatic carbocycles. The van der Waals surface area contributed by atoms with Crippen molar-refractivity contribution < 1.29 is 14.3 Å². The first kappa shape index (κ1) is 22.9. The summed E-state index contributed by atoms with van der Waals surface area (Å²) in [6.45, 7) is 2.06. The third-order valence-corrected chi connectivity index (χ3v) is 6.66. The van der Waals surface area contributed by atoms with E-state index >= 15 is 0 Å². The van der Waals surface area contributed by atoms with Gasteiger partial charge in [0, 0.05) is 12.8 Å². The molecule has 0 saturated carbocycles. The van der Waals surface area contributed by atoms with Gasteiger partial charge in [0.25, 0.3) is 0 Å². The molecule has 0 radical (unpaired) electrons. The summed E-state index contributed by atoms with van der Waals surface area (Å²) in [5, 5.41) is 10.5. The van der Waals surface area contributed by atoms with Crippen molar-refractivity contribution in [2.75, 3.05) is 6.61 Å². The lowest BCUT2D eigenvalue weighted by Gasteiger charge is -2.18. The summed E-state index contributed by atoms with van der Waals surface area (Å²) in [5.74, 6) is -0.520. The van der Waals surface area contributed by atoms with Gasteiger partial charge in [-0.3, -0.25) is 4.79 Å². The number of benzene rings is 5. The number of carbonyl (C=O) groups is 2. The molecule has 4 heteroatoms. The molecule has 0 aliphatic heterocycles. The summed E-state index contributed by atoms with van der Waals surface area (Å²) in [6, 6.07) is 28.5. The molecule has 176 valence electrons. The molecule has 0 aliphatic rings. The lowest BCUT2D eigenvalue weighted by Crippen LogP contribution is -2.43. The van der Waals surface area contributed by atoms with Crippen molar-refractivity contribution in [3.8, 4) is 0 Å². The van der Waals surface area contributed by atoms with Gasteiger partial charge in [0.05, 0.1) is 6.61 Å². The van der Waals surface area contributed by atoms with Crippen LogP contribution in [0.3, 0.4) is 0 Å². The van der Waals surface area contributed by atoms with E-state index in [1.807, 2.05) is 30.3 Å². The zero-order valence-electron chi connectivity index (χ0n) is 19.9. The Kier molecular flexibility index (Phi) is 6.62. The Hall–Kier alpha value is -3.92. The van der Waals surface area contributed by atoms with Gasteiger partial charge in [0.15, 0.2) is 0 Å². The van der Waals surface area contributed by atoms with Gasteiger partial charge in [-0.05, 0) is 63.2 Å². The number of carbonyl (C=O) groups excluding carboxylic acids is 2. The maximum atomic E-state index is 12.8. The number of amides is 1. The molecule has 0 fully saturated rings. The molecule has 0 spiro atoms. The molecule has 1 atom stereocenters. The highest BCUT2D eigenvalue weighted by Crippen LogP contribution is 2.36. The second-order valence-electron chi connectivity index (χ2n) is 9.00. The lowest BCUT2D eigenvalue weighted by molar-refractivity contribution is -0.147. The number of aryl methyl sites for hydroxylation is 1. The number of hydrogen-bond donors (Lipinski definition) is 1. The Balaban J connectivity index is 1.28. The predicted octanol–water partition coefficient (Wildman–Crippen LogP) is 6.20. The van der Waals surface area contributed by atoms with Gasteiger partial charge in [0.2, 0.25) is 5.91 Å². The molecule has 5 aromatic rings. The lowest BCUT2D eigenvalue weighted by atomic mass is 9.90. The first-order chi connectivity index (χ1) is 17.1. The normalized spacial score (nSPS) is 12.3. The van der Waals surface area contributed by atoms with Crippen molar-refractivity contribution in [1.29, 1.82) is 0 Å². The van der Waals surface area contributed by atoms with Crippen LogP contribution in [0.25, 0.3) is 32.3 Å². The van der Waals surface area contributed by atoms with Gasteiger partial charge in [-0.25, -0.2) is 4.79 Å². The summed E-state index contributed by atoms with van der Waals surface area (Å²) < 4.78 is 5.20. The van der Waals surface area contributed by atoms with Crippen molar-refractivity contribution in [3.05, 3.63) is 96.1 Å². The number of nitrogens with one attached hydrogen (secondary N) is 1. The molecule has 0 aliphatic carbocycles. The van der Waals surface area contributed by atoms with Gasteiger partial charge in [-0.1, -0.05) is 84.9 Å². The van der Waals surface area contributed by atoms with E-state index in [0.29, 0.717) is 19.3 Å². The molecule has 0 heterocycles. The molecule has 0 bridgehead atoms. The fourth-order valence-corrected chi connectivity index (χ4v) is 5.01. The first-order valence-electron chi connectivity index (χ1n) is 12.3. The third-order valence-electron chi connectivity index (χ3n) is 6.66. The van der Waals surface area contributed by atoms with Crippen molar-refractivity contribution in [1.82, 2.24) is 5.32 Å². The zero-order chi connectivity index (χ0) is 24.2. The minimum atomic E-state index is -0.681. The fraction of sp³-hybridized carbons (Fsp3) is 0.226. The highest BCUT2D eigenvalue weighted by atomic mass is 16.5. The number of rotatable bonds is 9. The summed E-state index contributed by atoms with van der Waals surface area (Å²) in [4.78, 5) is 25.2.